The van der Waals surface area contributed by atoms with E-state index in [2.05, 4.69) is 19.9 Å². The largest absolute Gasteiger partial charge is 0.494 e. The number of aryl methyl sites for hydroxylation is 1. The van der Waals surface area contributed by atoms with Crippen molar-refractivity contribution < 1.29 is 32.1 Å². The highest BCUT2D eigenvalue weighted by Crippen LogP contribution is 2.46. The Bertz CT molecular complexity index is 731. The molecule has 1 aromatic rings. The van der Waals surface area contributed by atoms with E-state index in [9.17, 15) is 13.0 Å². The van der Waals surface area contributed by atoms with Gasteiger partial charge in [0.25, 0.3) is 10.1 Å². The number of ether oxygens (including phenoxy) is 1. The summed E-state index contributed by atoms with van der Waals surface area (Å²) in [5.74, 6) is 0.733. The molecule has 9 heteroatoms. The summed E-state index contributed by atoms with van der Waals surface area (Å²) in [5.41, 5.74) is 2.17. The van der Waals surface area contributed by atoms with Gasteiger partial charge in [-0.3, -0.25) is 9.12 Å². The minimum atomic E-state index is -4.91. The fourth-order valence-electron chi connectivity index (χ4n) is 2.39. The maximum atomic E-state index is 11.2. The second-order valence-electron chi connectivity index (χ2n) is 6.37. The molecule has 1 unspecified atom stereocenters. The summed E-state index contributed by atoms with van der Waals surface area (Å²) in [4.78, 5) is 16.0. The van der Waals surface area contributed by atoms with Crippen molar-refractivity contribution in [3.05, 3.63) is 41.5 Å². The van der Waals surface area contributed by atoms with Gasteiger partial charge in [-0.25, -0.2) is 0 Å². The zero-order valence-electron chi connectivity index (χ0n) is 15.0. The molecule has 0 aromatic heterocycles. The van der Waals surface area contributed by atoms with E-state index < -0.39 is 22.7 Å². The molecule has 0 fully saturated rings. The number of benzene rings is 1. The van der Waals surface area contributed by atoms with Crippen LogP contribution < -0.4 is 4.74 Å². The molecule has 0 aliphatic rings. The highest BCUT2D eigenvalue weighted by atomic mass is 32.2. The van der Waals surface area contributed by atoms with Gasteiger partial charge in [-0.15, -0.1) is 0 Å². The molecule has 1 rings (SSSR count). The molecule has 0 saturated heterocycles. The van der Waals surface area contributed by atoms with Crippen LogP contribution >= 0.6 is 7.60 Å². The smallest absolute Gasteiger partial charge is 0.346 e. The Hall–Kier alpha value is -1.18. The Morgan fingerprint density at radius 2 is 1.81 bits per heavy atom. The van der Waals surface area contributed by atoms with E-state index >= 15 is 0 Å². The molecule has 0 aliphatic carbocycles. The van der Waals surface area contributed by atoms with E-state index in [0.29, 0.717) is 13.0 Å². The fraction of sp³-hybridized carbons (Fsp3) is 0.529. The number of hydrogen-bond acceptors (Lipinski definition) is 4. The summed E-state index contributed by atoms with van der Waals surface area (Å²) in [6.45, 7) is 4.72. The third-order valence-corrected chi connectivity index (χ3v) is 7.28. The summed E-state index contributed by atoms with van der Waals surface area (Å²) >= 11 is 0. The van der Waals surface area contributed by atoms with Crippen LogP contribution in [-0.4, -0.2) is 34.4 Å². The molecule has 7 nitrogen and oxygen atoms in total. The van der Waals surface area contributed by atoms with Gasteiger partial charge in [0.1, 0.15) is 5.75 Å². The standard InChI is InChI=1S/C17H27O7PS/c1-14(2)6-3-4-13-24-16-11-9-15(10-12-16)7-5-8-17(25(18,19)20)26(21,22)23/h6,9-12,17H,3-5,7-8,13H2,1-2H3,(H2,18,19,20)(H,21,22,23). The first-order chi connectivity index (χ1) is 12.0. The van der Waals surface area contributed by atoms with Crippen molar-refractivity contribution in [2.24, 2.45) is 0 Å². The van der Waals surface area contributed by atoms with Crippen LogP contribution in [0.1, 0.15) is 45.1 Å². The highest BCUT2D eigenvalue weighted by Gasteiger charge is 2.38. The van der Waals surface area contributed by atoms with Crippen LogP contribution in [0.3, 0.4) is 0 Å². The molecule has 3 N–H and O–H groups in total. The monoisotopic (exact) mass is 406 g/mol. The van der Waals surface area contributed by atoms with E-state index in [0.717, 1.165) is 24.2 Å². The number of allylic oxidation sites excluding steroid dienone is 2. The lowest BCUT2D eigenvalue weighted by Gasteiger charge is -2.15. The van der Waals surface area contributed by atoms with Gasteiger partial charge in [0.2, 0.25) is 0 Å². The normalized spacial score (nSPS) is 13.3. The molecule has 1 atom stereocenters. The average Bonchev–Trinajstić information content (AvgIpc) is 2.49. The van der Waals surface area contributed by atoms with Crippen molar-refractivity contribution in [2.45, 2.75) is 50.9 Å². The number of rotatable bonds is 11. The molecular formula is C17H27O7PS. The van der Waals surface area contributed by atoms with Crippen molar-refractivity contribution in [1.29, 1.82) is 0 Å². The summed E-state index contributed by atoms with van der Waals surface area (Å²) in [5, 5.41) is 0. The van der Waals surface area contributed by atoms with Crippen LogP contribution in [0, 0.1) is 0 Å². The second kappa shape index (κ2) is 10.2. The van der Waals surface area contributed by atoms with Gasteiger partial charge in [-0.05, 0) is 63.6 Å². The Kier molecular flexibility index (Phi) is 9.00. The highest BCUT2D eigenvalue weighted by molar-refractivity contribution is 7.93. The number of hydrogen-bond donors (Lipinski definition) is 3. The van der Waals surface area contributed by atoms with Crippen molar-refractivity contribution in [2.75, 3.05) is 6.61 Å². The Labute approximate surface area is 155 Å². The maximum absolute atomic E-state index is 11.2. The summed E-state index contributed by atoms with van der Waals surface area (Å²) in [7, 11) is -9.70. The maximum Gasteiger partial charge on any atom is 0.346 e. The SMILES string of the molecule is CC(C)=CCCCOc1ccc(CCCC(P(=O)(O)O)S(=O)(=O)O)cc1. The first-order valence-electron chi connectivity index (χ1n) is 8.37. The van der Waals surface area contributed by atoms with Crippen LogP contribution in [0.15, 0.2) is 35.9 Å². The average molecular weight is 406 g/mol. The minimum Gasteiger partial charge on any atom is -0.494 e. The van der Waals surface area contributed by atoms with Crippen LogP contribution in [0.25, 0.3) is 0 Å². The number of unbranched alkanes of at least 4 members (excludes halogenated alkanes) is 1. The van der Waals surface area contributed by atoms with Gasteiger partial charge in [0.05, 0.1) is 6.61 Å². The predicted molar refractivity (Wildman–Crippen MR) is 101 cm³/mol. The van der Waals surface area contributed by atoms with Gasteiger partial charge >= 0.3 is 7.60 Å². The fourth-order valence-corrected chi connectivity index (χ4v) is 4.76. The van der Waals surface area contributed by atoms with Crippen LogP contribution in [0.4, 0.5) is 0 Å². The third kappa shape index (κ3) is 8.96. The predicted octanol–water partition coefficient (Wildman–Crippen LogP) is 3.53. The molecule has 0 bridgehead atoms. The molecule has 0 heterocycles. The van der Waals surface area contributed by atoms with Gasteiger partial charge < -0.3 is 14.5 Å². The second-order valence-corrected chi connectivity index (χ2v) is 10.1. The molecule has 148 valence electrons. The zero-order chi connectivity index (χ0) is 19.8. The van der Waals surface area contributed by atoms with Gasteiger partial charge in [-0.2, -0.15) is 8.42 Å². The van der Waals surface area contributed by atoms with Crippen LogP contribution in [0.5, 0.6) is 5.75 Å². The lowest BCUT2D eigenvalue weighted by atomic mass is 10.1. The van der Waals surface area contributed by atoms with Gasteiger partial charge in [-0.1, -0.05) is 23.8 Å². The van der Waals surface area contributed by atoms with Gasteiger partial charge in [0.15, 0.2) is 4.99 Å². The molecule has 0 amide bonds. The molecular weight excluding hydrogens is 379 g/mol. The van der Waals surface area contributed by atoms with Crippen LogP contribution in [-0.2, 0) is 21.1 Å². The Morgan fingerprint density at radius 3 is 2.31 bits per heavy atom. The zero-order valence-corrected chi connectivity index (χ0v) is 16.7. The molecule has 26 heavy (non-hydrogen) atoms. The summed E-state index contributed by atoms with van der Waals surface area (Å²) in [6.07, 6.45) is 4.39. The lowest BCUT2D eigenvalue weighted by Crippen LogP contribution is -2.20. The first kappa shape index (κ1) is 22.9. The molecule has 0 radical (unpaired) electrons. The van der Waals surface area contributed by atoms with E-state index in [1.807, 2.05) is 12.1 Å². The third-order valence-electron chi connectivity index (χ3n) is 3.73. The molecule has 0 aliphatic heterocycles. The first-order valence-corrected chi connectivity index (χ1v) is 11.6. The van der Waals surface area contributed by atoms with Crippen molar-refractivity contribution in [3.63, 3.8) is 0 Å². The van der Waals surface area contributed by atoms with Crippen molar-refractivity contribution >= 4 is 17.7 Å². The molecule has 0 spiro atoms. The van der Waals surface area contributed by atoms with E-state index in [4.69, 9.17) is 19.1 Å². The summed E-state index contributed by atoms with van der Waals surface area (Å²) in [6, 6.07) is 7.26. The van der Waals surface area contributed by atoms with Gasteiger partial charge in [0, 0.05) is 0 Å². The quantitative estimate of drug-likeness (QED) is 0.222. The van der Waals surface area contributed by atoms with E-state index in [-0.39, 0.29) is 12.8 Å². The topological polar surface area (TPSA) is 121 Å². The Balaban J connectivity index is 2.45. The summed E-state index contributed by atoms with van der Waals surface area (Å²) < 4.78 is 48.0. The Morgan fingerprint density at radius 1 is 1.19 bits per heavy atom. The van der Waals surface area contributed by atoms with Crippen molar-refractivity contribution in [3.8, 4) is 5.75 Å². The molecule has 0 saturated carbocycles. The van der Waals surface area contributed by atoms with Crippen LogP contribution in [0.2, 0.25) is 0 Å². The van der Waals surface area contributed by atoms with Crippen molar-refractivity contribution in [1.82, 2.24) is 0 Å². The van der Waals surface area contributed by atoms with E-state index in [1.54, 1.807) is 12.1 Å². The molecule has 1 aromatic carbocycles. The minimum absolute atomic E-state index is 0.221. The lowest BCUT2D eigenvalue weighted by molar-refractivity contribution is 0.312. The van der Waals surface area contributed by atoms with E-state index in [1.165, 1.54) is 5.57 Å².